The van der Waals surface area contributed by atoms with Crippen molar-refractivity contribution in [3.05, 3.63) is 35.7 Å². The summed E-state index contributed by atoms with van der Waals surface area (Å²) >= 11 is 0. The van der Waals surface area contributed by atoms with Crippen LogP contribution in [-0.2, 0) is 4.74 Å². The van der Waals surface area contributed by atoms with Gasteiger partial charge in [0.15, 0.2) is 0 Å². The number of fused-ring (bicyclic) bond motifs is 1. The molecule has 0 aromatic carbocycles. The third kappa shape index (κ3) is 3.59. The molecule has 4 N–H and O–H groups in total. The molecule has 0 spiro atoms. The molecule has 0 saturated carbocycles. The van der Waals surface area contributed by atoms with Gasteiger partial charge in [0.2, 0.25) is 0 Å². The zero-order valence-corrected chi connectivity index (χ0v) is 16.3. The number of piperidine rings is 1. The molecule has 0 aliphatic carbocycles. The molecule has 2 aromatic heterocycles. The van der Waals surface area contributed by atoms with Gasteiger partial charge in [-0.15, -0.1) is 0 Å². The van der Waals surface area contributed by atoms with Crippen LogP contribution in [0, 0.1) is 5.41 Å². The summed E-state index contributed by atoms with van der Waals surface area (Å²) in [6.45, 7) is 6.48. The molecule has 1 unspecified atom stereocenters. The van der Waals surface area contributed by atoms with Crippen LogP contribution in [0.5, 0.6) is 0 Å². The second-order valence-electron chi connectivity index (χ2n) is 7.56. The first-order chi connectivity index (χ1) is 13.7. The Hall–Kier alpha value is -2.51. The summed E-state index contributed by atoms with van der Waals surface area (Å²) in [6, 6.07) is 4.59. The zero-order valence-electron chi connectivity index (χ0n) is 16.3. The number of nitrogens with one attached hydrogen (secondary N) is 2. The molecule has 2 aromatic rings. The van der Waals surface area contributed by atoms with Crippen molar-refractivity contribution in [2.45, 2.75) is 31.7 Å². The highest BCUT2D eigenvalue weighted by atomic mass is 16.5. The lowest BCUT2D eigenvalue weighted by molar-refractivity contribution is 0.0985. The normalized spacial score (nSPS) is 21.8. The number of allylic oxidation sites excluding steroid dienone is 1. The number of ether oxygens (including phenoxy) is 1. The maximum atomic E-state index is 7.36. The van der Waals surface area contributed by atoms with Gasteiger partial charge in [0.25, 0.3) is 0 Å². The molecule has 4 rings (SSSR count). The molecule has 7 nitrogen and oxygen atoms in total. The fourth-order valence-electron chi connectivity index (χ4n) is 4.23. The fraction of sp³-hybridized carbons (Fsp3) is 0.476. The van der Waals surface area contributed by atoms with E-state index in [1.807, 2.05) is 6.07 Å². The van der Waals surface area contributed by atoms with Gasteiger partial charge in [-0.3, -0.25) is 4.98 Å². The lowest BCUT2D eigenvalue weighted by atomic mass is 9.87. The second-order valence-corrected chi connectivity index (χ2v) is 7.56. The summed E-state index contributed by atoms with van der Waals surface area (Å²) in [4.78, 5) is 11.8. The molecule has 2 saturated heterocycles. The summed E-state index contributed by atoms with van der Waals surface area (Å²) in [6.07, 6.45) is 6.78. The van der Waals surface area contributed by atoms with Crippen molar-refractivity contribution in [2.24, 2.45) is 5.73 Å². The average molecular weight is 380 g/mol. The number of hydrogen-bond donors (Lipinski definition) is 3. The predicted octanol–water partition coefficient (Wildman–Crippen LogP) is 2.27. The smallest absolute Gasteiger partial charge is 0.130 e. The predicted molar refractivity (Wildman–Crippen MR) is 113 cm³/mol. The maximum Gasteiger partial charge on any atom is 0.130 e. The van der Waals surface area contributed by atoms with E-state index in [4.69, 9.17) is 20.9 Å². The Kier molecular flexibility index (Phi) is 5.54. The maximum absolute atomic E-state index is 7.36. The van der Waals surface area contributed by atoms with Gasteiger partial charge in [-0.2, -0.15) is 0 Å². The van der Waals surface area contributed by atoms with Crippen LogP contribution in [-0.4, -0.2) is 55.1 Å². The number of morpholine rings is 1. The molecule has 2 aliphatic heterocycles. The molecule has 28 heavy (non-hydrogen) atoms. The van der Waals surface area contributed by atoms with E-state index in [2.05, 4.69) is 28.2 Å². The molecule has 148 valence electrons. The topological polar surface area (TPSA) is 100 Å². The van der Waals surface area contributed by atoms with Crippen LogP contribution in [0.2, 0.25) is 0 Å². The van der Waals surface area contributed by atoms with Crippen molar-refractivity contribution in [1.29, 1.82) is 5.41 Å². The highest BCUT2D eigenvalue weighted by molar-refractivity contribution is 5.94. The largest absolute Gasteiger partial charge is 0.397 e. The Morgan fingerprint density at radius 3 is 2.96 bits per heavy atom. The van der Waals surface area contributed by atoms with Crippen LogP contribution in [0.25, 0.3) is 16.6 Å². The molecule has 0 radical (unpaired) electrons. The molecule has 2 fully saturated rings. The van der Waals surface area contributed by atoms with E-state index < -0.39 is 0 Å². The molecule has 0 bridgehead atoms. The van der Waals surface area contributed by atoms with Crippen LogP contribution in [0.15, 0.2) is 24.4 Å². The summed E-state index contributed by atoms with van der Waals surface area (Å²) in [7, 11) is 0. The molecular weight excluding hydrogens is 352 g/mol. The second kappa shape index (κ2) is 8.24. The van der Waals surface area contributed by atoms with Crippen molar-refractivity contribution in [2.75, 3.05) is 37.7 Å². The van der Waals surface area contributed by atoms with E-state index >= 15 is 0 Å². The van der Waals surface area contributed by atoms with Crippen LogP contribution >= 0.6 is 0 Å². The number of nitrogens with zero attached hydrogens (tertiary/aromatic N) is 3. The average Bonchev–Trinajstić information content (AvgIpc) is 2.73. The van der Waals surface area contributed by atoms with Crippen molar-refractivity contribution in [3.63, 3.8) is 0 Å². The van der Waals surface area contributed by atoms with Gasteiger partial charge >= 0.3 is 0 Å². The van der Waals surface area contributed by atoms with Crippen LogP contribution < -0.4 is 16.0 Å². The number of rotatable bonds is 4. The van der Waals surface area contributed by atoms with Crippen molar-refractivity contribution >= 4 is 28.6 Å². The lowest BCUT2D eigenvalue weighted by Crippen LogP contribution is -2.44. The van der Waals surface area contributed by atoms with Gasteiger partial charge in [0, 0.05) is 24.3 Å². The number of anilines is 1. The third-order valence-corrected chi connectivity index (χ3v) is 5.72. The van der Waals surface area contributed by atoms with E-state index in [1.54, 1.807) is 12.3 Å². The molecule has 4 heterocycles. The summed E-state index contributed by atoms with van der Waals surface area (Å²) in [5, 5.41) is 11.9. The Balaban J connectivity index is 1.91. The molecule has 7 heteroatoms. The molecule has 1 atom stereocenters. The fourth-order valence-corrected chi connectivity index (χ4v) is 4.23. The summed E-state index contributed by atoms with van der Waals surface area (Å²) < 4.78 is 5.62. The Morgan fingerprint density at radius 2 is 2.21 bits per heavy atom. The minimum atomic E-state index is 0.272. The van der Waals surface area contributed by atoms with Crippen LogP contribution in [0.4, 0.5) is 5.82 Å². The van der Waals surface area contributed by atoms with E-state index in [0.29, 0.717) is 30.5 Å². The monoisotopic (exact) mass is 380 g/mol. The first-order valence-electron chi connectivity index (χ1n) is 10.0. The number of pyridine rings is 2. The van der Waals surface area contributed by atoms with Gasteiger partial charge in [0.05, 0.1) is 25.0 Å². The minimum absolute atomic E-state index is 0.272. The zero-order chi connectivity index (χ0) is 19.5. The standard InChI is InChI=1S/C21H28N6O/c1-14-13-28-11-10-27(14)19-12-17(15-3-7-24-8-4-15)16-5-9-25-21(20(16)26-19)18(23)2-6-22/h2,5-6,9,12,14-15,22,24H,3-4,7-8,10-11,13,23H2,1H3/b18-2-,22-6?. The number of nitrogens with two attached hydrogens (primary N) is 1. The van der Waals surface area contributed by atoms with Gasteiger partial charge in [-0.1, -0.05) is 0 Å². The first kappa shape index (κ1) is 18.8. The Bertz CT molecular complexity index is 890. The van der Waals surface area contributed by atoms with Gasteiger partial charge < -0.3 is 26.1 Å². The highest BCUT2D eigenvalue weighted by Crippen LogP contribution is 2.35. The van der Waals surface area contributed by atoms with E-state index in [1.165, 1.54) is 11.8 Å². The summed E-state index contributed by atoms with van der Waals surface area (Å²) in [5.41, 5.74) is 9.49. The number of aromatic nitrogens is 2. The Morgan fingerprint density at radius 1 is 1.39 bits per heavy atom. The molecular formula is C21H28N6O. The van der Waals surface area contributed by atoms with Crippen LogP contribution in [0.3, 0.4) is 0 Å². The SMILES string of the molecule is CC1COCCN1c1cc(C2CCNCC2)c2ccnc(/C(N)=C/C=N)c2n1. The lowest BCUT2D eigenvalue weighted by Gasteiger charge is -2.35. The molecule has 2 aliphatic rings. The van der Waals surface area contributed by atoms with Crippen molar-refractivity contribution in [1.82, 2.24) is 15.3 Å². The highest BCUT2D eigenvalue weighted by Gasteiger charge is 2.25. The Labute approximate surface area is 165 Å². The van der Waals surface area contributed by atoms with Gasteiger partial charge in [-0.05, 0) is 62.5 Å². The molecule has 0 amide bonds. The third-order valence-electron chi connectivity index (χ3n) is 5.72. The summed E-state index contributed by atoms with van der Waals surface area (Å²) in [5.74, 6) is 1.46. The minimum Gasteiger partial charge on any atom is -0.397 e. The van der Waals surface area contributed by atoms with E-state index in [9.17, 15) is 0 Å². The first-order valence-corrected chi connectivity index (χ1v) is 10.0. The van der Waals surface area contributed by atoms with Crippen molar-refractivity contribution < 1.29 is 4.74 Å². The number of hydrogen-bond acceptors (Lipinski definition) is 7. The van der Waals surface area contributed by atoms with Crippen molar-refractivity contribution in [3.8, 4) is 0 Å². The van der Waals surface area contributed by atoms with E-state index in [0.717, 1.165) is 49.2 Å². The van der Waals surface area contributed by atoms with E-state index in [-0.39, 0.29) is 6.04 Å². The van der Waals surface area contributed by atoms with Crippen LogP contribution in [0.1, 0.15) is 36.9 Å². The quantitative estimate of drug-likeness (QED) is 0.704. The van der Waals surface area contributed by atoms with Gasteiger partial charge in [0.1, 0.15) is 17.0 Å². The van der Waals surface area contributed by atoms with Gasteiger partial charge in [-0.25, -0.2) is 4.98 Å².